The van der Waals surface area contributed by atoms with Crippen LogP contribution in [0.4, 0.5) is 11.4 Å². The lowest BCUT2D eigenvalue weighted by molar-refractivity contribution is 0.556. The molecule has 0 aliphatic rings. The molecule has 0 saturated carbocycles. The summed E-state index contributed by atoms with van der Waals surface area (Å²) in [6.07, 6.45) is 14.7. The maximum Gasteiger partial charge on any atom is 0.0346 e. The van der Waals surface area contributed by atoms with Crippen LogP contribution in [0.25, 0.3) is 11.1 Å². The van der Waals surface area contributed by atoms with Crippen molar-refractivity contribution in [2.24, 2.45) is 0 Å². The van der Waals surface area contributed by atoms with E-state index >= 15 is 0 Å². The van der Waals surface area contributed by atoms with Crippen molar-refractivity contribution < 1.29 is 0 Å². The normalized spacial score (nSPS) is 11.0. The van der Waals surface area contributed by atoms with Gasteiger partial charge in [-0.05, 0) is 53.8 Å². The predicted molar refractivity (Wildman–Crippen MR) is 116 cm³/mol. The van der Waals surface area contributed by atoms with E-state index in [0.29, 0.717) is 0 Å². The fourth-order valence-electron chi connectivity index (χ4n) is 3.48. The molecule has 0 aliphatic heterocycles. The van der Waals surface area contributed by atoms with E-state index in [2.05, 4.69) is 31.2 Å². The first-order chi connectivity index (χ1) is 12.7. The van der Waals surface area contributed by atoms with Crippen molar-refractivity contribution >= 4 is 11.4 Å². The van der Waals surface area contributed by atoms with Crippen molar-refractivity contribution in [3.8, 4) is 11.1 Å². The van der Waals surface area contributed by atoms with Crippen molar-refractivity contribution in [1.82, 2.24) is 0 Å². The topological polar surface area (TPSA) is 52.0 Å². The van der Waals surface area contributed by atoms with Gasteiger partial charge in [-0.2, -0.15) is 0 Å². The van der Waals surface area contributed by atoms with Crippen molar-refractivity contribution in [3.05, 3.63) is 48.0 Å². The largest absolute Gasteiger partial charge is 0.399 e. The van der Waals surface area contributed by atoms with Gasteiger partial charge in [0.1, 0.15) is 0 Å². The van der Waals surface area contributed by atoms with Gasteiger partial charge in [0.15, 0.2) is 0 Å². The lowest BCUT2D eigenvalue weighted by Gasteiger charge is -2.10. The van der Waals surface area contributed by atoms with Gasteiger partial charge in [0.25, 0.3) is 0 Å². The van der Waals surface area contributed by atoms with Gasteiger partial charge in [-0.1, -0.05) is 82.9 Å². The molecule has 2 aromatic rings. The standard InChI is InChI=1S/C24H36N2/c1-2-3-4-5-6-7-8-9-10-11-12-22-19-21(15-18-24(22)26)20-13-16-23(25)17-14-20/h13-19H,2-12,25-26H2,1H3. The molecule has 0 fully saturated rings. The lowest BCUT2D eigenvalue weighted by Crippen LogP contribution is -1.96. The fourth-order valence-corrected chi connectivity index (χ4v) is 3.48. The molecule has 0 aliphatic carbocycles. The molecule has 4 N–H and O–H groups in total. The Morgan fingerprint density at radius 2 is 1.15 bits per heavy atom. The summed E-state index contributed by atoms with van der Waals surface area (Å²) in [6, 6.07) is 14.4. The lowest BCUT2D eigenvalue weighted by atomic mass is 9.98. The first-order valence-electron chi connectivity index (χ1n) is 10.4. The van der Waals surface area contributed by atoms with Crippen molar-refractivity contribution in [1.29, 1.82) is 0 Å². The number of rotatable bonds is 12. The molecule has 0 atom stereocenters. The van der Waals surface area contributed by atoms with E-state index < -0.39 is 0 Å². The fraction of sp³-hybridized carbons (Fsp3) is 0.500. The third-order valence-corrected chi connectivity index (χ3v) is 5.19. The van der Waals surface area contributed by atoms with Gasteiger partial charge in [-0.15, -0.1) is 0 Å². The molecule has 0 saturated heterocycles. The SMILES string of the molecule is CCCCCCCCCCCCc1cc(-c2ccc(N)cc2)ccc1N. The van der Waals surface area contributed by atoms with Crippen LogP contribution in [0.3, 0.4) is 0 Å². The maximum absolute atomic E-state index is 6.19. The van der Waals surface area contributed by atoms with Crippen molar-refractivity contribution in [2.45, 2.75) is 77.6 Å². The van der Waals surface area contributed by atoms with Crippen LogP contribution in [0.1, 0.15) is 76.7 Å². The molecule has 0 heterocycles. The molecular formula is C24H36N2. The third kappa shape index (κ3) is 7.11. The van der Waals surface area contributed by atoms with Crippen LogP contribution in [0, 0.1) is 0 Å². The van der Waals surface area contributed by atoms with Gasteiger partial charge >= 0.3 is 0 Å². The Morgan fingerprint density at radius 3 is 1.77 bits per heavy atom. The molecular weight excluding hydrogens is 316 g/mol. The van der Waals surface area contributed by atoms with E-state index in [9.17, 15) is 0 Å². The number of unbranched alkanes of at least 4 members (excludes halogenated alkanes) is 9. The van der Waals surface area contributed by atoms with Gasteiger partial charge in [-0.3, -0.25) is 0 Å². The van der Waals surface area contributed by atoms with E-state index in [1.54, 1.807) is 0 Å². The van der Waals surface area contributed by atoms with Crippen LogP contribution >= 0.6 is 0 Å². The predicted octanol–water partition coefficient (Wildman–Crippen LogP) is 6.98. The molecule has 0 radical (unpaired) electrons. The average Bonchev–Trinajstić information content (AvgIpc) is 2.65. The molecule has 0 bridgehead atoms. The Bertz CT molecular complexity index is 631. The van der Waals surface area contributed by atoms with E-state index in [-0.39, 0.29) is 0 Å². The molecule has 0 spiro atoms. The highest BCUT2D eigenvalue weighted by atomic mass is 14.6. The second-order valence-electron chi connectivity index (χ2n) is 7.47. The molecule has 142 valence electrons. The number of nitrogen functional groups attached to an aromatic ring is 2. The Kier molecular flexibility index (Phi) is 9.09. The van der Waals surface area contributed by atoms with E-state index in [4.69, 9.17) is 11.5 Å². The first-order valence-corrected chi connectivity index (χ1v) is 10.4. The summed E-state index contributed by atoms with van der Waals surface area (Å²) in [7, 11) is 0. The third-order valence-electron chi connectivity index (χ3n) is 5.19. The molecule has 2 aromatic carbocycles. The van der Waals surface area contributed by atoms with Gasteiger partial charge in [0.2, 0.25) is 0 Å². The average molecular weight is 353 g/mol. The highest BCUT2D eigenvalue weighted by Gasteiger charge is 2.04. The van der Waals surface area contributed by atoms with E-state index in [1.807, 2.05) is 18.2 Å². The van der Waals surface area contributed by atoms with Crippen LogP contribution in [-0.4, -0.2) is 0 Å². The minimum Gasteiger partial charge on any atom is -0.399 e. The summed E-state index contributed by atoms with van der Waals surface area (Å²) in [4.78, 5) is 0. The zero-order chi connectivity index (χ0) is 18.6. The van der Waals surface area contributed by atoms with Crippen LogP contribution < -0.4 is 11.5 Å². The van der Waals surface area contributed by atoms with Crippen LogP contribution in [-0.2, 0) is 6.42 Å². The monoisotopic (exact) mass is 352 g/mol. The quantitative estimate of drug-likeness (QED) is 0.320. The molecule has 26 heavy (non-hydrogen) atoms. The zero-order valence-electron chi connectivity index (χ0n) is 16.5. The smallest absolute Gasteiger partial charge is 0.0346 e. The minimum atomic E-state index is 0.801. The summed E-state index contributed by atoms with van der Waals surface area (Å²) in [5.41, 5.74) is 17.4. The Morgan fingerprint density at radius 1 is 0.615 bits per heavy atom. The Balaban J connectivity index is 1.70. The molecule has 0 amide bonds. The van der Waals surface area contributed by atoms with E-state index in [0.717, 1.165) is 17.8 Å². The Labute approximate surface area is 160 Å². The van der Waals surface area contributed by atoms with Gasteiger partial charge in [0, 0.05) is 11.4 Å². The van der Waals surface area contributed by atoms with Crippen LogP contribution in [0.15, 0.2) is 42.5 Å². The van der Waals surface area contributed by atoms with Crippen LogP contribution in [0.5, 0.6) is 0 Å². The summed E-state index contributed by atoms with van der Waals surface area (Å²) >= 11 is 0. The molecule has 2 heteroatoms. The van der Waals surface area contributed by atoms with Crippen LogP contribution in [0.2, 0.25) is 0 Å². The zero-order valence-corrected chi connectivity index (χ0v) is 16.5. The maximum atomic E-state index is 6.19. The molecule has 0 aromatic heterocycles. The summed E-state index contributed by atoms with van der Waals surface area (Å²) in [5, 5.41) is 0. The summed E-state index contributed by atoms with van der Waals surface area (Å²) in [5.74, 6) is 0. The van der Waals surface area contributed by atoms with Gasteiger partial charge in [-0.25, -0.2) is 0 Å². The number of nitrogens with two attached hydrogens (primary N) is 2. The van der Waals surface area contributed by atoms with Crippen molar-refractivity contribution in [2.75, 3.05) is 11.5 Å². The number of hydrogen-bond donors (Lipinski definition) is 2. The number of benzene rings is 2. The highest BCUT2D eigenvalue weighted by molar-refractivity contribution is 5.69. The Hall–Kier alpha value is -1.96. The first kappa shape index (κ1) is 20.4. The second kappa shape index (κ2) is 11.6. The molecule has 0 unspecified atom stereocenters. The minimum absolute atomic E-state index is 0.801. The van der Waals surface area contributed by atoms with Gasteiger partial charge in [0.05, 0.1) is 0 Å². The summed E-state index contributed by atoms with van der Waals surface area (Å²) < 4.78 is 0. The van der Waals surface area contributed by atoms with E-state index in [1.165, 1.54) is 80.9 Å². The molecule has 2 nitrogen and oxygen atoms in total. The van der Waals surface area contributed by atoms with Gasteiger partial charge < -0.3 is 11.5 Å². The van der Waals surface area contributed by atoms with Crippen molar-refractivity contribution in [3.63, 3.8) is 0 Å². The molecule has 2 rings (SSSR count). The highest BCUT2D eigenvalue weighted by Crippen LogP contribution is 2.26. The second-order valence-corrected chi connectivity index (χ2v) is 7.47. The number of aryl methyl sites for hydroxylation is 1. The summed E-state index contributed by atoms with van der Waals surface area (Å²) in [6.45, 7) is 2.28. The number of anilines is 2. The number of hydrogen-bond acceptors (Lipinski definition) is 2.